The number of rotatable bonds is 5. The molecule has 0 aliphatic heterocycles. The standard InChI is InChI=1S/C13H22N.2H2O/c1-4-14(5-2,6-3)12-13-10-8-7-9-11-13;;/h7-11H,4-6,12H2,1-3H3;2*1H2/q+1;;/p-1. The van der Waals surface area contributed by atoms with Gasteiger partial charge in [-0.25, -0.2) is 0 Å². The van der Waals surface area contributed by atoms with Crippen LogP contribution in [0.2, 0.25) is 0 Å². The van der Waals surface area contributed by atoms with Gasteiger partial charge >= 0.3 is 0 Å². The average Bonchev–Trinajstić information content (AvgIpc) is 2.28. The molecular formula is C13H25NO2. The molecule has 0 unspecified atom stereocenters. The molecule has 0 saturated carbocycles. The zero-order chi connectivity index (χ0) is 10.4. The summed E-state index contributed by atoms with van der Waals surface area (Å²) in [4.78, 5) is 0. The summed E-state index contributed by atoms with van der Waals surface area (Å²) < 4.78 is 1.20. The summed E-state index contributed by atoms with van der Waals surface area (Å²) in [5.74, 6) is 0. The molecule has 0 heterocycles. The summed E-state index contributed by atoms with van der Waals surface area (Å²) >= 11 is 0. The summed E-state index contributed by atoms with van der Waals surface area (Å²) in [6.07, 6.45) is 0. The van der Waals surface area contributed by atoms with Crippen molar-refractivity contribution in [2.75, 3.05) is 19.6 Å². The first kappa shape index (κ1) is 17.5. The van der Waals surface area contributed by atoms with E-state index in [1.165, 1.54) is 36.2 Å². The van der Waals surface area contributed by atoms with Gasteiger partial charge in [-0.15, -0.1) is 0 Å². The van der Waals surface area contributed by atoms with Gasteiger partial charge in [0.15, 0.2) is 0 Å². The van der Waals surface area contributed by atoms with Gasteiger partial charge in [0.1, 0.15) is 6.54 Å². The molecule has 1 aromatic rings. The van der Waals surface area contributed by atoms with Gasteiger partial charge in [0.05, 0.1) is 19.6 Å². The van der Waals surface area contributed by atoms with Crippen molar-refractivity contribution in [3.05, 3.63) is 35.9 Å². The van der Waals surface area contributed by atoms with Crippen LogP contribution in [0.1, 0.15) is 26.3 Å². The largest absolute Gasteiger partial charge is 0.870 e. The predicted octanol–water partition coefficient (Wildman–Crippen LogP) is 2.06. The van der Waals surface area contributed by atoms with Crippen LogP contribution < -0.4 is 0 Å². The smallest absolute Gasteiger partial charge is 0.104 e. The Labute approximate surface area is 98.9 Å². The summed E-state index contributed by atoms with van der Waals surface area (Å²) in [5, 5.41) is 0. The molecule has 0 aromatic heterocycles. The van der Waals surface area contributed by atoms with Crippen molar-refractivity contribution in [3.63, 3.8) is 0 Å². The molecular weight excluding hydrogens is 202 g/mol. The number of nitrogens with zero attached hydrogens (tertiary/aromatic N) is 1. The molecule has 0 radical (unpaired) electrons. The first-order valence-corrected chi connectivity index (χ1v) is 5.65. The number of benzene rings is 1. The van der Waals surface area contributed by atoms with E-state index in [-0.39, 0.29) is 11.0 Å². The zero-order valence-corrected chi connectivity index (χ0v) is 10.6. The minimum atomic E-state index is 0. The van der Waals surface area contributed by atoms with Gasteiger partial charge in [0.2, 0.25) is 0 Å². The quantitative estimate of drug-likeness (QED) is 0.710. The SMILES string of the molecule is CC[N+](CC)(CC)Cc1ccccc1.O.[OH-]. The minimum absolute atomic E-state index is 0. The van der Waals surface area contributed by atoms with Crippen LogP contribution in [0.5, 0.6) is 0 Å². The number of hydrogen-bond donors (Lipinski definition) is 0. The Morgan fingerprint density at radius 3 is 1.69 bits per heavy atom. The van der Waals surface area contributed by atoms with Gasteiger partial charge in [-0.1, -0.05) is 30.3 Å². The lowest BCUT2D eigenvalue weighted by Gasteiger charge is -2.35. The van der Waals surface area contributed by atoms with E-state index in [1.807, 2.05) is 0 Å². The van der Waals surface area contributed by atoms with E-state index >= 15 is 0 Å². The van der Waals surface area contributed by atoms with Gasteiger partial charge in [-0.2, -0.15) is 0 Å². The summed E-state index contributed by atoms with van der Waals surface area (Å²) in [6.45, 7) is 11.7. The summed E-state index contributed by atoms with van der Waals surface area (Å²) in [7, 11) is 0. The molecule has 3 heteroatoms. The monoisotopic (exact) mass is 227 g/mol. The Kier molecular flexibility index (Phi) is 9.05. The van der Waals surface area contributed by atoms with Crippen molar-refractivity contribution < 1.29 is 15.4 Å². The summed E-state index contributed by atoms with van der Waals surface area (Å²) in [5.41, 5.74) is 1.46. The Morgan fingerprint density at radius 1 is 0.875 bits per heavy atom. The third-order valence-corrected chi connectivity index (χ3v) is 3.37. The molecule has 1 rings (SSSR count). The van der Waals surface area contributed by atoms with Gasteiger partial charge in [-0.05, 0) is 20.8 Å². The average molecular weight is 227 g/mol. The Balaban J connectivity index is 0. The zero-order valence-electron chi connectivity index (χ0n) is 10.6. The molecule has 0 aliphatic carbocycles. The van der Waals surface area contributed by atoms with Crippen LogP contribution >= 0.6 is 0 Å². The highest BCUT2D eigenvalue weighted by molar-refractivity contribution is 5.13. The number of quaternary nitrogens is 1. The van der Waals surface area contributed by atoms with Crippen molar-refractivity contribution in [2.45, 2.75) is 27.3 Å². The van der Waals surface area contributed by atoms with Crippen molar-refractivity contribution in [2.24, 2.45) is 0 Å². The fraction of sp³-hybridized carbons (Fsp3) is 0.538. The Morgan fingerprint density at radius 2 is 1.31 bits per heavy atom. The molecule has 3 N–H and O–H groups in total. The van der Waals surface area contributed by atoms with Crippen LogP contribution in [0.3, 0.4) is 0 Å². The van der Waals surface area contributed by atoms with E-state index in [4.69, 9.17) is 0 Å². The van der Waals surface area contributed by atoms with Crippen LogP contribution in [0.25, 0.3) is 0 Å². The van der Waals surface area contributed by atoms with E-state index in [1.54, 1.807) is 0 Å². The third-order valence-electron chi connectivity index (χ3n) is 3.37. The van der Waals surface area contributed by atoms with Crippen LogP contribution in [-0.4, -0.2) is 35.1 Å². The fourth-order valence-corrected chi connectivity index (χ4v) is 1.98. The van der Waals surface area contributed by atoms with E-state index in [0.29, 0.717) is 0 Å². The molecule has 0 fully saturated rings. The van der Waals surface area contributed by atoms with Crippen LogP contribution in [-0.2, 0) is 6.54 Å². The Hall–Kier alpha value is -0.900. The molecule has 0 atom stereocenters. The maximum atomic E-state index is 2.29. The first-order chi connectivity index (χ1) is 6.76. The van der Waals surface area contributed by atoms with Crippen molar-refractivity contribution in [1.29, 1.82) is 0 Å². The highest BCUT2D eigenvalue weighted by Crippen LogP contribution is 2.13. The highest BCUT2D eigenvalue weighted by atomic mass is 16.0. The minimum Gasteiger partial charge on any atom is -0.870 e. The second-order valence-electron chi connectivity index (χ2n) is 3.93. The maximum absolute atomic E-state index is 2.29. The lowest BCUT2D eigenvalue weighted by molar-refractivity contribution is -0.936. The highest BCUT2D eigenvalue weighted by Gasteiger charge is 2.20. The lowest BCUT2D eigenvalue weighted by atomic mass is 10.2. The predicted molar refractivity (Wildman–Crippen MR) is 67.6 cm³/mol. The van der Waals surface area contributed by atoms with E-state index in [2.05, 4.69) is 51.1 Å². The van der Waals surface area contributed by atoms with Gasteiger partial charge < -0.3 is 15.4 Å². The van der Waals surface area contributed by atoms with Gasteiger partial charge in [-0.3, -0.25) is 0 Å². The molecule has 3 nitrogen and oxygen atoms in total. The van der Waals surface area contributed by atoms with Crippen molar-refractivity contribution in [3.8, 4) is 0 Å². The molecule has 0 spiro atoms. The second kappa shape index (κ2) is 8.28. The van der Waals surface area contributed by atoms with Crippen LogP contribution in [0, 0.1) is 0 Å². The van der Waals surface area contributed by atoms with Gasteiger partial charge in [0.25, 0.3) is 0 Å². The van der Waals surface area contributed by atoms with Crippen molar-refractivity contribution >= 4 is 0 Å². The molecule has 94 valence electrons. The third kappa shape index (κ3) is 4.31. The molecule has 0 saturated heterocycles. The second-order valence-corrected chi connectivity index (χ2v) is 3.93. The molecule has 16 heavy (non-hydrogen) atoms. The Bertz CT molecular complexity index is 250. The topological polar surface area (TPSA) is 61.5 Å². The molecule has 0 aliphatic rings. The molecule has 0 amide bonds. The first-order valence-electron chi connectivity index (χ1n) is 5.65. The van der Waals surface area contributed by atoms with Gasteiger partial charge in [0, 0.05) is 5.56 Å². The molecule has 1 aromatic carbocycles. The van der Waals surface area contributed by atoms with Crippen LogP contribution in [0.4, 0.5) is 0 Å². The normalized spacial score (nSPS) is 10.2. The fourth-order valence-electron chi connectivity index (χ4n) is 1.98. The number of hydrogen-bond acceptors (Lipinski definition) is 1. The van der Waals surface area contributed by atoms with Crippen molar-refractivity contribution in [1.82, 2.24) is 0 Å². The van der Waals surface area contributed by atoms with E-state index in [0.717, 1.165) is 0 Å². The summed E-state index contributed by atoms with van der Waals surface area (Å²) in [6, 6.07) is 10.8. The van der Waals surface area contributed by atoms with Crippen LogP contribution in [0.15, 0.2) is 30.3 Å². The van der Waals surface area contributed by atoms with E-state index < -0.39 is 0 Å². The lowest BCUT2D eigenvalue weighted by Crippen LogP contribution is -2.46. The molecule has 0 bridgehead atoms. The maximum Gasteiger partial charge on any atom is 0.104 e. The van der Waals surface area contributed by atoms with E-state index in [9.17, 15) is 0 Å².